The van der Waals surface area contributed by atoms with E-state index in [1.165, 1.54) is 38.5 Å². The summed E-state index contributed by atoms with van der Waals surface area (Å²) in [6, 6.07) is 0. The lowest BCUT2D eigenvalue weighted by atomic mass is 9.92. The SMILES string of the molecule is OC(CC1CCCCCC1)C1=CCCCO1. The summed E-state index contributed by atoms with van der Waals surface area (Å²) in [5, 5.41) is 10.1. The standard InChI is InChI=1S/C14H24O2/c15-13(14-9-5-6-10-16-14)11-12-7-3-1-2-4-8-12/h9,12-13,15H,1-8,10-11H2. The summed E-state index contributed by atoms with van der Waals surface area (Å²) in [4.78, 5) is 0. The maximum Gasteiger partial charge on any atom is 0.120 e. The first-order valence-electron chi connectivity index (χ1n) is 6.87. The minimum atomic E-state index is -0.344. The van der Waals surface area contributed by atoms with Crippen LogP contribution in [0.4, 0.5) is 0 Å². The Kier molecular flexibility index (Phi) is 4.70. The maximum absolute atomic E-state index is 10.1. The molecule has 2 aliphatic rings. The Balaban J connectivity index is 1.80. The van der Waals surface area contributed by atoms with Gasteiger partial charge in [-0.15, -0.1) is 0 Å². The molecular formula is C14H24O2. The van der Waals surface area contributed by atoms with Crippen LogP contribution in [0.5, 0.6) is 0 Å². The molecule has 1 aliphatic heterocycles. The maximum atomic E-state index is 10.1. The Labute approximate surface area is 98.7 Å². The van der Waals surface area contributed by atoms with Crippen molar-refractivity contribution in [1.82, 2.24) is 0 Å². The Morgan fingerprint density at radius 1 is 1.19 bits per heavy atom. The molecule has 1 atom stereocenters. The molecule has 0 saturated heterocycles. The molecule has 0 aromatic heterocycles. The van der Waals surface area contributed by atoms with Gasteiger partial charge in [-0.2, -0.15) is 0 Å². The van der Waals surface area contributed by atoms with Gasteiger partial charge in [0.1, 0.15) is 11.9 Å². The van der Waals surface area contributed by atoms with E-state index >= 15 is 0 Å². The minimum absolute atomic E-state index is 0.344. The first kappa shape index (κ1) is 12.0. The van der Waals surface area contributed by atoms with Gasteiger partial charge >= 0.3 is 0 Å². The van der Waals surface area contributed by atoms with E-state index in [-0.39, 0.29) is 6.10 Å². The van der Waals surface area contributed by atoms with Gasteiger partial charge in [0.15, 0.2) is 0 Å². The molecule has 0 amide bonds. The summed E-state index contributed by atoms with van der Waals surface area (Å²) in [5.74, 6) is 1.56. The third kappa shape index (κ3) is 3.51. The van der Waals surface area contributed by atoms with Crippen LogP contribution >= 0.6 is 0 Å². The van der Waals surface area contributed by atoms with Crippen molar-refractivity contribution < 1.29 is 9.84 Å². The fourth-order valence-corrected chi connectivity index (χ4v) is 2.84. The fourth-order valence-electron chi connectivity index (χ4n) is 2.84. The molecule has 0 bridgehead atoms. The first-order valence-corrected chi connectivity index (χ1v) is 6.87. The van der Waals surface area contributed by atoms with Crippen LogP contribution < -0.4 is 0 Å². The molecule has 1 aliphatic carbocycles. The van der Waals surface area contributed by atoms with E-state index in [1.54, 1.807) is 0 Å². The molecule has 0 aromatic rings. The van der Waals surface area contributed by atoms with Gasteiger partial charge in [-0.25, -0.2) is 0 Å². The van der Waals surface area contributed by atoms with Crippen molar-refractivity contribution in [2.45, 2.75) is 63.9 Å². The van der Waals surface area contributed by atoms with Gasteiger partial charge in [0, 0.05) is 0 Å². The lowest BCUT2D eigenvalue weighted by Crippen LogP contribution is -2.20. The van der Waals surface area contributed by atoms with E-state index in [4.69, 9.17) is 4.74 Å². The van der Waals surface area contributed by atoms with Crippen molar-refractivity contribution in [2.75, 3.05) is 6.61 Å². The van der Waals surface area contributed by atoms with Crippen molar-refractivity contribution in [3.63, 3.8) is 0 Å². The molecule has 0 radical (unpaired) electrons. The highest BCUT2D eigenvalue weighted by molar-refractivity contribution is 5.02. The number of rotatable bonds is 3. The predicted octanol–water partition coefficient (Wildman–Crippen LogP) is 3.40. The topological polar surface area (TPSA) is 29.5 Å². The van der Waals surface area contributed by atoms with Crippen LogP contribution in [-0.4, -0.2) is 17.8 Å². The summed E-state index contributed by atoms with van der Waals surface area (Å²) >= 11 is 0. The highest BCUT2D eigenvalue weighted by Crippen LogP contribution is 2.28. The lowest BCUT2D eigenvalue weighted by molar-refractivity contribution is 0.0743. The van der Waals surface area contributed by atoms with E-state index in [0.717, 1.165) is 31.6 Å². The average molecular weight is 224 g/mol. The third-order valence-electron chi connectivity index (χ3n) is 3.82. The lowest BCUT2D eigenvalue weighted by Gasteiger charge is -2.23. The van der Waals surface area contributed by atoms with Gasteiger partial charge in [-0.1, -0.05) is 38.5 Å². The second-order valence-electron chi connectivity index (χ2n) is 5.21. The Morgan fingerprint density at radius 2 is 1.94 bits per heavy atom. The predicted molar refractivity (Wildman–Crippen MR) is 65.1 cm³/mol. The van der Waals surface area contributed by atoms with Crippen molar-refractivity contribution in [3.05, 3.63) is 11.8 Å². The molecule has 2 nitrogen and oxygen atoms in total. The highest BCUT2D eigenvalue weighted by atomic mass is 16.5. The van der Waals surface area contributed by atoms with Crippen molar-refractivity contribution >= 4 is 0 Å². The zero-order chi connectivity index (χ0) is 11.2. The van der Waals surface area contributed by atoms with E-state index < -0.39 is 0 Å². The smallest absolute Gasteiger partial charge is 0.120 e. The van der Waals surface area contributed by atoms with Gasteiger partial charge in [0.2, 0.25) is 0 Å². The molecule has 1 N–H and O–H groups in total. The molecular weight excluding hydrogens is 200 g/mol. The summed E-state index contributed by atoms with van der Waals surface area (Å²) in [6.45, 7) is 0.785. The third-order valence-corrected chi connectivity index (χ3v) is 3.82. The van der Waals surface area contributed by atoms with Crippen molar-refractivity contribution in [1.29, 1.82) is 0 Å². The number of aliphatic hydroxyl groups excluding tert-OH is 1. The van der Waals surface area contributed by atoms with E-state index in [2.05, 4.69) is 6.08 Å². The Hall–Kier alpha value is -0.500. The largest absolute Gasteiger partial charge is 0.496 e. The summed E-state index contributed by atoms with van der Waals surface area (Å²) in [6.07, 6.45) is 12.8. The number of hydrogen-bond donors (Lipinski definition) is 1. The van der Waals surface area contributed by atoms with Gasteiger partial charge in [-0.3, -0.25) is 0 Å². The number of hydrogen-bond acceptors (Lipinski definition) is 2. The molecule has 1 unspecified atom stereocenters. The van der Waals surface area contributed by atoms with Crippen LogP contribution in [-0.2, 0) is 4.74 Å². The number of aliphatic hydroxyl groups is 1. The summed E-state index contributed by atoms with van der Waals surface area (Å²) < 4.78 is 5.52. The molecule has 0 aromatic carbocycles. The van der Waals surface area contributed by atoms with Crippen LogP contribution in [0.1, 0.15) is 57.8 Å². The molecule has 16 heavy (non-hydrogen) atoms. The van der Waals surface area contributed by atoms with Gasteiger partial charge in [0.05, 0.1) is 6.61 Å². The molecule has 2 rings (SSSR count). The number of ether oxygens (including phenoxy) is 1. The van der Waals surface area contributed by atoms with Crippen LogP contribution in [0.2, 0.25) is 0 Å². The quantitative estimate of drug-likeness (QED) is 0.744. The average Bonchev–Trinajstić information content (AvgIpc) is 2.59. The van der Waals surface area contributed by atoms with E-state index in [9.17, 15) is 5.11 Å². The minimum Gasteiger partial charge on any atom is -0.496 e. The molecule has 0 spiro atoms. The van der Waals surface area contributed by atoms with Gasteiger partial charge in [0.25, 0.3) is 0 Å². The van der Waals surface area contributed by atoms with Crippen LogP contribution in [0.25, 0.3) is 0 Å². The highest BCUT2D eigenvalue weighted by Gasteiger charge is 2.21. The summed E-state index contributed by atoms with van der Waals surface area (Å²) in [5.41, 5.74) is 0. The second-order valence-corrected chi connectivity index (χ2v) is 5.21. The van der Waals surface area contributed by atoms with Gasteiger partial charge in [-0.05, 0) is 31.3 Å². The fraction of sp³-hybridized carbons (Fsp3) is 0.857. The van der Waals surface area contributed by atoms with Crippen LogP contribution in [0.15, 0.2) is 11.8 Å². The molecule has 2 heteroatoms. The van der Waals surface area contributed by atoms with E-state index in [1.807, 2.05) is 0 Å². The Bertz CT molecular complexity index is 227. The Morgan fingerprint density at radius 3 is 2.56 bits per heavy atom. The summed E-state index contributed by atoms with van der Waals surface area (Å²) in [7, 11) is 0. The monoisotopic (exact) mass is 224 g/mol. The van der Waals surface area contributed by atoms with Gasteiger partial charge < -0.3 is 9.84 Å². The zero-order valence-corrected chi connectivity index (χ0v) is 10.2. The van der Waals surface area contributed by atoms with Crippen LogP contribution in [0, 0.1) is 5.92 Å². The molecule has 92 valence electrons. The van der Waals surface area contributed by atoms with Crippen molar-refractivity contribution in [3.8, 4) is 0 Å². The normalized spacial score (nSPS) is 25.4. The molecule has 1 saturated carbocycles. The first-order chi connectivity index (χ1) is 7.86. The molecule has 1 fully saturated rings. The second kappa shape index (κ2) is 6.29. The number of allylic oxidation sites excluding steroid dienone is 1. The zero-order valence-electron chi connectivity index (χ0n) is 10.2. The molecule has 1 heterocycles. The van der Waals surface area contributed by atoms with Crippen LogP contribution in [0.3, 0.4) is 0 Å². The van der Waals surface area contributed by atoms with Crippen molar-refractivity contribution in [2.24, 2.45) is 5.92 Å². The van der Waals surface area contributed by atoms with E-state index in [0.29, 0.717) is 5.92 Å².